The summed E-state index contributed by atoms with van der Waals surface area (Å²) in [7, 11) is -0.169. The predicted octanol–water partition coefficient (Wildman–Crippen LogP) is 3.98. The van der Waals surface area contributed by atoms with E-state index in [1.807, 2.05) is 0 Å². The van der Waals surface area contributed by atoms with Crippen molar-refractivity contribution in [1.82, 2.24) is 4.90 Å². The van der Waals surface area contributed by atoms with Gasteiger partial charge >= 0.3 is 7.12 Å². The summed E-state index contributed by atoms with van der Waals surface area (Å²) in [5.41, 5.74) is 2.25. The van der Waals surface area contributed by atoms with Crippen LogP contribution in [0.5, 0.6) is 0 Å². The summed E-state index contributed by atoms with van der Waals surface area (Å²) in [6, 6.07) is 12.0. The molecule has 4 rings (SSSR count). The maximum atomic E-state index is 6.27. The summed E-state index contributed by atoms with van der Waals surface area (Å²) in [6.45, 7) is 9.57. The molecular formula is C20H28BNO2. The van der Waals surface area contributed by atoms with Gasteiger partial charge in [0.25, 0.3) is 0 Å². The van der Waals surface area contributed by atoms with Crippen molar-refractivity contribution in [2.24, 2.45) is 0 Å². The smallest absolute Gasteiger partial charge is 0.400 e. The van der Waals surface area contributed by atoms with Crippen molar-refractivity contribution in [1.29, 1.82) is 0 Å². The Morgan fingerprint density at radius 1 is 1.04 bits per heavy atom. The highest BCUT2D eigenvalue weighted by Crippen LogP contribution is 2.43. The molecule has 3 aliphatic heterocycles. The molecule has 0 aliphatic carbocycles. The van der Waals surface area contributed by atoms with Crippen molar-refractivity contribution in [3.63, 3.8) is 0 Å². The van der Waals surface area contributed by atoms with Crippen molar-refractivity contribution in [3.05, 3.63) is 47.4 Å². The third-order valence-electron chi connectivity index (χ3n) is 6.33. The maximum absolute atomic E-state index is 6.27. The molecular weight excluding hydrogens is 297 g/mol. The molecule has 0 N–H and O–H groups in total. The van der Waals surface area contributed by atoms with Gasteiger partial charge in [0.05, 0.1) is 11.2 Å². The molecule has 0 saturated carbocycles. The summed E-state index contributed by atoms with van der Waals surface area (Å²) in [5, 5.41) is 0. The first-order chi connectivity index (χ1) is 11.4. The SMILES string of the molecule is CC1(C)OB(C2=CC3CCC(C2)N3Cc2ccccc2)OC1(C)C. The van der Waals surface area contributed by atoms with Crippen LogP contribution < -0.4 is 0 Å². The highest BCUT2D eigenvalue weighted by Gasteiger charge is 2.53. The molecule has 2 atom stereocenters. The maximum Gasteiger partial charge on any atom is 0.490 e. The Balaban J connectivity index is 1.51. The molecule has 2 saturated heterocycles. The number of rotatable bonds is 3. The van der Waals surface area contributed by atoms with Gasteiger partial charge in [0.1, 0.15) is 0 Å². The van der Waals surface area contributed by atoms with Crippen molar-refractivity contribution >= 4 is 7.12 Å². The van der Waals surface area contributed by atoms with Gasteiger partial charge in [0.2, 0.25) is 0 Å². The molecule has 3 aliphatic rings. The second-order valence-electron chi connectivity index (χ2n) is 8.49. The van der Waals surface area contributed by atoms with E-state index >= 15 is 0 Å². The van der Waals surface area contributed by atoms with Gasteiger partial charge in [0, 0.05) is 18.6 Å². The predicted molar refractivity (Wildman–Crippen MR) is 97.6 cm³/mol. The van der Waals surface area contributed by atoms with E-state index < -0.39 is 0 Å². The van der Waals surface area contributed by atoms with Gasteiger partial charge in [-0.3, -0.25) is 4.90 Å². The van der Waals surface area contributed by atoms with Crippen molar-refractivity contribution in [3.8, 4) is 0 Å². The Bertz CT molecular complexity index is 624. The van der Waals surface area contributed by atoms with Gasteiger partial charge in [-0.2, -0.15) is 0 Å². The van der Waals surface area contributed by atoms with Crippen LogP contribution in [0.3, 0.4) is 0 Å². The van der Waals surface area contributed by atoms with Crippen LogP contribution in [-0.2, 0) is 15.9 Å². The third kappa shape index (κ3) is 2.75. The molecule has 1 aromatic carbocycles. The molecule has 2 unspecified atom stereocenters. The lowest BCUT2D eigenvalue weighted by molar-refractivity contribution is 0.00578. The van der Waals surface area contributed by atoms with Crippen molar-refractivity contribution < 1.29 is 9.31 Å². The van der Waals surface area contributed by atoms with Crippen LogP contribution in [0.4, 0.5) is 0 Å². The molecule has 2 bridgehead atoms. The highest BCUT2D eigenvalue weighted by atomic mass is 16.7. The van der Waals surface area contributed by atoms with E-state index in [0.29, 0.717) is 12.1 Å². The van der Waals surface area contributed by atoms with Crippen LogP contribution in [0, 0.1) is 0 Å². The molecule has 0 amide bonds. The first-order valence-electron chi connectivity index (χ1n) is 9.22. The fraction of sp³-hybridized carbons (Fsp3) is 0.600. The molecule has 0 aromatic heterocycles. The van der Waals surface area contributed by atoms with E-state index in [2.05, 4.69) is 69.0 Å². The Hall–Kier alpha value is -1.10. The average Bonchev–Trinajstić information content (AvgIpc) is 2.89. The lowest BCUT2D eigenvalue weighted by Crippen LogP contribution is -2.41. The number of hydrogen-bond acceptors (Lipinski definition) is 3. The molecule has 4 heteroatoms. The summed E-state index contributed by atoms with van der Waals surface area (Å²) >= 11 is 0. The zero-order chi connectivity index (χ0) is 16.9. The molecule has 0 radical (unpaired) electrons. The number of hydrogen-bond donors (Lipinski definition) is 0. The fourth-order valence-electron chi connectivity index (χ4n) is 4.16. The number of nitrogens with zero attached hydrogens (tertiary/aromatic N) is 1. The van der Waals surface area contributed by atoms with Gasteiger partial charge in [0.15, 0.2) is 0 Å². The van der Waals surface area contributed by atoms with E-state index in [4.69, 9.17) is 9.31 Å². The minimum Gasteiger partial charge on any atom is -0.400 e. The van der Waals surface area contributed by atoms with Gasteiger partial charge < -0.3 is 9.31 Å². The molecule has 3 nitrogen and oxygen atoms in total. The third-order valence-corrected chi connectivity index (χ3v) is 6.33. The standard InChI is InChI=1S/C20H28BNO2/c1-19(2)20(3,4)24-21(23-19)16-12-17-10-11-18(13-16)22(17)14-15-8-6-5-7-9-15/h5-9,12,17-18H,10-11,13-14H2,1-4H3. The zero-order valence-corrected chi connectivity index (χ0v) is 15.3. The lowest BCUT2D eigenvalue weighted by atomic mass is 9.73. The molecule has 3 heterocycles. The molecule has 24 heavy (non-hydrogen) atoms. The zero-order valence-electron chi connectivity index (χ0n) is 15.3. The van der Waals surface area contributed by atoms with Crippen LogP contribution in [0.2, 0.25) is 0 Å². The van der Waals surface area contributed by atoms with Crippen LogP contribution in [0.25, 0.3) is 0 Å². The minimum absolute atomic E-state index is 0.169. The van der Waals surface area contributed by atoms with Gasteiger partial charge in [-0.05, 0) is 58.0 Å². The first-order valence-corrected chi connectivity index (χ1v) is 9.22. The van der Waals surface area contributed by atoms with Crippen molar-refractivity contribution in [2.45, 2.75) is 76.8 Å². The minimum atomic E-state index is -0.251. The normalized spacial score (nSPS) is 31.3. The highest BCUT2D eigenvalue weighted by molar-refractivity contribution is 6.54. The Kier molecular flexibility index (Phi) is 3.90. The van der Waals surface area contributed by atoms with Gasteiger partial charge in [-0.25, -0.2) is 0 Å². The number of benzene rings is 1. The summed E-state index contributed by atoms with van der Waals surface area (Å²) in [4.78, 5) is 2.66. The van der Waals surface area contributed by atoms with E-state index in [1.165, 1.54) is 23.9 Å². The summed E-state index contributed by atoms with van der Waals surface area (Å²) < 4.78 is 12.5. The van der Waals surface area contributed by atoms with Crippen molar-refractivity contribution in [2.75, 3.05) is 0 Å². The fourth-order valence-corrected chi connectivity index (χ4v) is 4.16. The largest absolute Gasteiger partial charge is 0.490 e. The van der Waals surface area contributed by atoms with Crippen LogP contribution in [-0.4, -0.2) is 35.3 Å². The Morgan fingerprint density at radius 2 is 1.71 bits per heavy atom. The topological polar surface area (TPSA) is 21.7 Å². The summed E-state index contributed by atoms with van der Waals surface area (Å²) in [5.74, 6) is 0. The van der Waals surface area contributed by atoms with Crippen LogP contribution in [0.15, 0.2) is 41.9 Å². The van der Waals surface area contributed by atoms with Gasteiger partial charge in [-0.1, -0.05) is 36.4 Å². The quantitative estimate of drug-likeness (QED) is 0.785. The molecule has 128 valence electrons. The van der Waals surface area contributed by atoms with E-state index in [-0.39, 0.29) is 18.3 Å². The van der Waals surface area contributed by atoms with Crippen LogP contribution >= 0.6 is 0 Å². The molecule has 0 spiro atoms. The Labute approximate surface area is 146 Å². The number of fused-ring (bicyclic) bond motifs is 2. The van der Waals surface area contributed by atoms with E-state index in [1.54, 1.807) is 0 Å². The van der Waals surface area contributed by atoms with Gasteiger partial charge in [-0.15, -0.1) is 0 Å². The van der Waals surface area contributed by atoms with Crippen LogP contribution in [0.1, 0.15) is 52.5 Å². The van der Waals surface area contributed by atoms with E-state index in [9.17, 15) is 0 Å². The second kappa shape index (κ2) is 5.72. The second-order valence-corrected chi connectivity index (χ2v) is 8.49. The first kappa shape index (κ1) is 16.4. The molecule has 1 aromatic rings. The Morgan fingerprint density at radius 3 is 2.33 bits per heavy atom. The lowest BCUT2D eigenvalue weighted by Gasteiger charge is -2.34. The monoisotopic (exact) mass is 325 g/mol. The van der Waals surface area contributed by atoms with E-state index in [0.717, 1.165) is 13.0 Å². The molecule has 2 fully saturated rings. The average molecular weight is 325 g/mol. The summed E-state index contributed by atoms with van der Waals surface area (Å²) in [6.07, 6.45) is 6.02.